The molecule has 1 aromatic carbocycles. The monoisotopic (exact) mass is 331 g/mol. The summed E-state index contributed by atoms with van der Waals surface area (Å²) in [5.74, 6) is -1.20. The molecule has 112 valence electrons. The lowest BCUT2D eigenvalue weighted by Gasteiger charge is -2.06. The maximum absolute atomic E-state index is 13.5. The average Bonchev–Trinajstić information content (AvgIpc) is 2.82. The molecule has 10 heteroatoms. The molecule has 0 unspecified atom stereocenters. The molecule has 2 rings (SSSR count). The van der Waals surface area contributed by atoms with Crippen LogP contribution in [-0.4, -0.2) is 18.3 Å². The first-order chi connectivity index (χ1) is 9.81. The second kappa shape index (κ2) is 5.84. The maximum Gasteiger partial charge on any atom is 0.324 e. The second-order valence-corrected chi connectivity index (χ2v) is 7.09. The van der Waals surface area contributed by atoms with Crippen LogP contribution in [0.3, 0.4) is 0 Å². The van der Waals surface area contributed by atoms with Crippen molar-refractivity contribution in [2.75, 3.05) is 0 Å². The summed E-state index contributed by atoms with van der Waals surface area (Å²) in [6.07, 6.45) is 1.58. The molecule has 1 heterocycles. The van der Waals surface area contributed by atoms with Crippen LogP contribution < -0.4 is 4.72 Å². The van der Waals surface area contributed by atoms with E-state index >= 15 is 0 Å². The fourth-order valence-electron chi connectivity index (χ4n) is 1.61. The van der Waals surface area contributed by atoms with Crippen LogP contribution in [-0.2, 0) is 16.6 Å². The Balaban J connectivity index is 2.32. The Morgan fingerprint density at radius 2 is 2.19 bits per heavy atom. The van der Waals surface area contributed by atoms with E-state index in [4.69, 9.17) is 0 Å². The summed E-state index contributed by atoms with van der Waals surface area (Å²) in [5.41, 5.74) is -1.07. The minimum absolute atomic E-state index is 0.117. The van der Waals surface area contributed by atoms with Gasteiger partial charge in [0.1, 0.15) is 5.01 Å². The van der Waals surface area contributed by atoms with Crippen molar-refractivity contribution in [2.24, 2.45) is 0 Å². The van der Waals surface area contributed by atoms with Crippen molar-refractivity contribution in [3.05, 3.63) is 50.2 Å². The van der Waals surface area contributed by atoms with E-state index in [0.29, 0.717) is 5.01 Å². The SMILES string of the molecule is Cc1cnc(CNS(=O)(=O)c2cccc(F)c2[N+](=O)[O-])s1. The van der Waals surface area contributed by atoms with Crippen LogP contribution in [0.4, 0.5) is 10.1 Å². The molecule has 2 aromatic rings. The highest BCUT2D eigenvalue weighted by Gasteiger charge is 2.29. The third-order valence-electron chi connectivity index (χ3n) is 2.50. The molecule has 0 saturated carbocycles. The fraction of sp³-hybridized carbons (Fsp3) is 0.182. The zero-order valence-corrected chi connectivity index (χ0v) is 12.4. The van der Waals surface area contributed by atoms with Crippen molar-refractivity contribution >= 4 is 27.0 Å². The molecule has 0 radical (unpaired) electrons. The average molecular weight is 331 g/mol. The number of nitro benzene ring substituents is 1. The van der Waals surface area contributed by atoms with Crippen LogP contribution in [0.25, 0.3) is 0 Å². The van der Waals surface area contributed by atoms with Gasteiger partial charge in [-0.25, -0.2) is 18.1 Å². The van der Waals surface area contributed by atoms with Crippen LogP contribution in [0, 0.1) is 22.9 Å². The van der Waals surface area contributed by atoms with Gasteiger partial charge in [0.15, 0.2) is 4.90 Å². The first-order valence-corrected chi connectivity index (χ1v) is 7.95. The van der Waals surface area contributed by atoms with E-state index in [1.165, 1.54) is 11.3 Å². The quantitative estimate of drug-likeness (QED) is 0.666. The zero-order valence-electron chi connectivity index (χ0n) is 10.7. The topological polar surface area (TPSA) is 102 Å². The van der Waals surface area contributed by atoms with Crippen molar-refractivity contribution in [1.82, 2.24) is 9.71 Å². The number of sulfonamides is 1. The summed E-state index contributed by atoms with van der Waals surface area (Å²) in [6.45, 7) is 1.70. The van der Waals surface area contributed by atoms with E-state index in [2.05, 4.69) is 9.71 Å². The molecule has 7 nitrogen and oxygen atoms in total. The van der Waals surface area contributed by atoms with Gasteiger partial charge in [-0.05, 0) is 19.1 Å². The first kappa shape index (κ1) is 15.5. The highest BCUT2D eigenvalue weighted by molar-refractivity contribution is 7.89. The number of rotatable bonds is 5. The van der Waals surface area contributed by atoms with Gasteiger partial charge in [-0.2, -0.15) is 4.39 Å². The molecule has 0 fully saturated rings. The van der Waals surface area contributed by atoms with E-state index in [1.54, 1.807) is 6.20 Å². The molecule has 0 amide bonds. The predicted octanol–water partition coefficient (Wildman–Crippen LogP) is 1.98. The number of hydrogen-bond acceptors (Lipinski definition) is 6. The summed E-state index contributed by atoms with van der Waals surface area (Å²) >= 11 is 1.29. The molecule has 0 aliphatic carbocycles. The van der Waals surface area contributed by atoms with Crippen molar-refractivity contribution in [1.29, 1.82) is 0 Å². The number of nitrogens with zero attached hydrogens (tertiary/aromatic N) is 2. The van der Waals surface area contributed by atoms with Gasteiger partial charge in [0, 0.05) is 11.1 Å². The molecule has 0 atom stereocenters. The number of nitro groups is 1. The maximum atomic E-state index is 13.5. The Morgan fingerprint density at radius 3 is 2.76 bits per heavy atom. The summed E-state index contributed by atoms with van der Waals surface area (Å²) < 4.78 is 39.8. The summed E-state index contributed by atoms with van der Waals surface area (Å²) in [6, 6.07) is 2.92. The Bertz CT molecular complexity index is 789. The highest BCUT2D eigenvalue weighted by atomic mass is 32.2. The molecule has 0 aliphatic rings. The van der Waals surface area contributed by atoms with Gasteiger partial charge >= 0.3 is 5.69 Å². The number of aromatic nitrogens is 1. The number of halogens is 1. The van der Waals surface area contributed by atoms with E-state index in [0.717, 1.165) is 23.1 Å². The van der Waals surface area contributed by atoms with Crippen LogP contribution in [0.2, 0.25) is 0 Å². The van der Waals surface area contributed by atoms with Gasteiger partial charge in [-0.1, -0.05) is 6.07 Å². The summed E-state index contributed by atoms with van der Waals surface area (Å²) in [4.78, 5) is 13.9. The molecule has 0 spiro atoms. The van der Waals surface area contributed by atoms with Crippen molar-refractivity contribution in [3.63, 3.8) is 0 Å². The minimum Gasteiger partial charge on any atom is -0.258 e. The van der Waals surface area contributed by atoms with Crippen molar-refractivity contribution in [2.45, 2.75) is 18.4 Å². The molecule has 0 saturated heterocycles. The van der Waals surface area contributed by atoms with Gasteiger partial charge in [0.2, 0.25) is 15.8 Å². The van der Waals surface area contributed by atoms with Gasteiger partial charge in [-0.3, -0.25) is 10.1 Å². The second-order valence-electron chi connectivity index (χ2n) is 4.03. The first-order valence-electron chi connectivity index (χ1n) is 5.65. The summed E-state index contributed by atoms with van der Waals surface area (Å²) in [5, 5.41) is 11.3. The molecular formula is C11H10FN3O4S2. The van der Waals surface area contributed by atoms with Gasteiger partial charge in [0.05, 0.1) is 11.5 Å². The summed E-state index contributed by atoms with van der Waals surface area (Å²) in [7, 11) is -4.21. The lowest BCUT2D eigenvalue weighted by Crippen LogP contribution is -2.24. The third-order valence-corrected chi connectivity index (χ3v) is 4.85. The highest BCUT2D eigenvalue weighted by Crippen LogP contribution is 2.26. The lowest BCUT2D eigenvalue weighted by molar-refractivity contribution is -0.390. The zero-order chi connectivity index (χ0) is 15.6. The molecule has 0 aliphatic heterocycles. The van der Waals surface area contributed by atoms with Crippen LogP contribution in [0.1, 0.15) is 9.88 Å². The van der Waals surface area contributed by atoms with Crippen LogP contribution >= 0.6 is 11.3 Å². The van der Waals surface area contributed by atoms with Crippen LogP contribution in [0.15, 0.2) is 29.3 Å². The number of nitrogens with one attached hydrogen (secondary N) is 1. The lowest BCUT2D eigenvalue weighted by atomic mass is 10.3. The largest absolute Gasteiger partial charge is 0.324 e. The molecule has 0 bridgehead atoms. The van der Waals surface area contributed by atoms with E-state index in [1.807, 2.05) is 6.92 Å². The number of thiazole rings is 1. The van der Waals surface area contributed by atoms with E-state index in [-0.39, 0.29) is 6.54 Å². The number of benzene rings is 1. The van der Waals surface area contributed by atoms with E-state index < -0.39 is 31.3 Å². The number of aryl methyl sites for hydroxylation is 1. The van der Waals surface area contributed by atoms with Gasteiger partial charge < -0.3 is 0 Å². The Hall–Kier alpha value is -1.91. The van der Waals surface area contributed by atoms with Crippen LogP contribution in [0.5, 0.6) is 0 Å². The predicted molar refractivity (Wildman–Crippen MR) is 73.9 cm³/mol. The minimum atomic E-state index is -4.21. The molecular weight excluding hydrogens is 321 g/mol. The Kier molecular flexibility index (Phi) is 4.30. The number of hydrogen-bond donors (Lipinski definition) is 1. The Labute approximate surface area is 123 Å². The standard InChI is InChI=1S/C11H10FN3O4S2/c1-7-5-13-10(20-7)6-14-21(18,19)9-4-2-3-8(12)11(9)15(16)17/h2-5,14H,6H2,1H3. The van der Waals surface area contributed by atoms with Crippen molar-refractivity contribution < 1.29 is 17.7 Å². The van der Waals surface area contributed by atoms with Gasteiger partial charge in [-0.15, -0.1) is 11.3 Å². The molecule has 1 N–H and O–H groups in total. The third kappa shape index (κ3) is 3.40. The molecule has 21 heavy (non-hydrogen) atoms. The smallest absolute Gasteiger partial charge is 0.258 e. The Morgan fingerprint density at radius 1 is 1.48 bits per heavy atom. The van der Waals surface area contributed by atoms with E-state index in [9.17, 15) is 22.9 Å². The van der Waals surface area contributed by atoms with Crippen molar-refractivity contribution in [3.8, 4) is 0 Å². The fourth-order valence-corrected chi connectivity index (χ4v) is 3.59. The normalized spacial score (nSPS) is 11.5. The van der Waals surface area contributed by atoms with Gasteiger partial charge in [0.25, 0.3) is 0 Å². The number of para-hydroxylation sites is 1. The molecule has 1 aromatic heterocycles.